The first kappa shape index (κ1) is 20.3. The Morgan fingerprint density at radius 3 is 2.33 bits per heavy atom. The van der Waals surface area contributed by atoms with E-state index in [-0.39, 0.29) is 17.7 Å². The Morgan fingerprint density at radius 1 is 1.00 bits per heavy atom. The number of hydrogen-bond donors (Lipinski definition) is 0. The highest BCUT2D eigenvalue weighted by molar-refractivity contribution is 5.88. The Balaban J connectivity index is 1.49. The van der Waals surface area contributed by atoms with Gasteiger partial charge in [-0.3, -0.25) is 9.59 Å². The van der Waals surface area contributed by atoms with Crippen LogP contribution in [-0.2, 0) is 22.6 Å². The number of nitrogens with zero attached hydrogens (tertiary/aromatic N) is 5. The normalized spacial score (nSPS) is 19.0. The molecule has 4 rings (SSSR count). The molecule has 2 aromatic rings. The maximum Gasteiger partial charge on any atom is 0.245 e. The zero-order valence-electron chi connectivity index (χ0n) is 17.7. The molecule has 1 unspecified atom stereocenters. The lowest BCUT2D eigenvalue weighted by Crippen LogP contribution is -2.57. The summed E-state index contributed by atoms with van der Waals surface area (Å²) in [6, 6.07) is 9.51. The molecule has 0 aliphatic carbocycles. The molecule has 2 aliphatic rings. The Hall–Kier alpha value is -2.96. The van der Waals surface area contributed by atoms with E-state index in [9.17, 15) is 9.59 Å². The summed E-state index contributed by atoms with van der Waals surface area (Å²) in [5.74, 6) is 1.08. The van der Waals surface area contributed by atoms with Crippen LogP contribution in [0.4, 0.5) is 5.95 Å². The second-order valence-corrected chi connectivity index (χ2v) is 8.47. The lowest BCUT2D eigenvalue weighted by atomic mass is 9.92. The molecular formula is C23H29N5O2. The lowest BCUT2D eigenvalue weighted by Gasteiger charge is -2.41. The molecule has 1 fully saturated rings. The molecule has 2 amide bonds. The molecule has 1 aromatic heterocycles. The van der Waals surface area contributed by atoms with E-state index in [1.165, 1.54) is 5.56 Å². The molecule has 0 N–H and O–H groups in total. The van der Waals surface area contributed by atoms with Gasteiger partial charge in [-0.2, -0.15) is 0 Å². The summed E-state index contributed by atoms with van der Waals surface area (Å²) in [6.07, 6.45) is 4.51. The largest absolute Gasteiger partial charge is 0.337 e. The number of rotatable bonds is 4. The number of fused-ring (bicyclic) bond motifs is 1. The summed E-state index contributed by atoms with van der Waals surface area (Å²) in [5.41, 5.74) is 2.31. The standard InChI is InChI=1S/C23H29N5O2/c1-17(2)14-21(29)28-16-19-7-4-3-6-18(19)15-20(28)22(30)26-10-12-27(13-11-26)23-24-8-5-9-25-23/h3-9,17,20H,10-16H2,1-2H3. The summed E-state index contributed by atoms with van der Waals surface area (Å²) >= 11 is 0. The Morgan fingerprint density at radius 2 is 1.67 bits per heavy atom. The number of carbonyl (C=O) groups is 2. The molecular weight excluding hydrogens is 378 g/mol. The highest BCUT2D eigenvalue weighted by Gasteiger charge is 2.37. The maximum absolute atomic E-state index is 13.5. The second kappa shape index (κ2) is 8.81. The van der Waals surface area contributed by atoms with Gasteiger partial charge in [-0.1, -0.05) is 38.1 Å². The monoisotopic (exact) mass is 407 g/mol. The van der Waals surface area contributed by atoms with Crippen LogP contribution in [0.5, 0.6) is 0 Å². The summed E-state index contributed by atoms with van der Waals surface area (Å²) in [4.78, 5) is 40.9. The number of hydrogen-bond acceptors (Lipinski definition) is 5. The molecule has 0 bridgehead atoms. The number of anilines is 1. The van der Waals surface area contributed by atoms with Crippen molar-refractivity contribution in [3.05, 3.63) is 53.9 Å². The van der Waals surface area contributed by atoms with E-state index in [4.69, 9.17) is 0 Å². The van der Waals surface area contributed by atoms with E-state index in [0.717, 1.165) is 5.56 Å². The first-order valence-electron chi connectivity index (χ1n) is 10.7. The molecule has 0 radical (unpaired) electrons. The average Bonchev–Trinajstić information content (AvgIpc) is 2.78. The van der Waals surface area contributed by atoms with Crippen molar-refractivity contribution in [3.8, 4) is 0 Å². The zero-order valence-corrected chi connectivity index (χ0v) is 17.7. The fraction of sp³-hybridized carbons (Fsp3) is 0.478. The van der Waals surface area contributed by atoms with Crippen LogP contribution in [0.25, 0.3) is 0 Å². The van der Waals surface area contributed by atoms with Crippen LogP contribution in [0.2, 0.25) is 0 Å². The van der Waals surface area contributed by atoms with Gasteiger partial charge in [0.25, 0.3) is 0 Å². The molecule has 0 saturated carbocycles. The maximum atomic E-state index is 13.5. The minimum Gasteiger partial charge on any atom is -0.337 e. The van der Waals surface area contributed by atoms with Crippen molar-refractivity contribution in [1.82, 2.24) is 19.8 Å². The van der Waals surface area contributed by atoms with E-state index in [1.807, 2.05) is 30.9 Å². The third kappa shape index (κ3) is 4.30. The fourth-order valence-corrected chi connectivity index (χ4v) is 4.26. The van der Waals surface area contributed by atoms with Gasteiger partial charge >= 0.3 is 0 Å². The van der Waals surface area contributed by atoms with Crippen molar-refractivity contribution in [2.24, 2.45) is 5.92 Å². The topological polar surface area (TPSA) is 69.6 Å². The highest BCUT2D eigenvalue weighted by Crippen LogP contribution is 2.26. The molecule has 1 saturated heterocycles. The molecule has 158 valence electrons. The third-order valence-corrected chi connectivity index (χ3v) is 5.86. The van der Waals surface area contributed by atoms with Gasteiger partial charge in [0.05, 0.1) is 0 Å². The van der Waals surface area contributed by atoms with Crippen molar-refractivity contribution in [2.75, 3.05) is 31.1 Å². The van der Waals surface area contributed by atoms with E-state index >= 15 is 0 Å². The molecule has 1 aromatic carbocycles. The Labute approximate surface area is 177 Å². The van der Waals surface area contributed by atoms with Crippen LogP contribution in [0.1, 0.15) is 31.4 Å². The van der Waals surface area contributed by atoms with Crippen LogP contribution in [0, 0.1) is 5.92 Å². The number of aromatic nitrogens is 2. The molecule has 7 nitrogen and oxygen atoms in total. The van der Waals surface area contributed by atoms with Crippen LogP contribution in [-0.4, -0.2) is 63.8 Å². The minimum atomic E-state index is -0.425. The third-order valence-electron chi connectivity index (χ3n) is 5.86. The SMILES string of the molecule is CC(C)CC(=O)N1Cc2ccccc2CC1C(=O)N1CCN(c2ncccn2)CC1. The molecule has 0 spiro atoms. The van der Waals surface area contributed by atoms with Crippen LogP contribution < -0.4 is 4.90 Å². The lowest BCUT2D eigenvalue weighted by molar-refractivity contribution is -0.147. The van der Waals surface area contributed by atoms with Gasteiger partial charge in [-0.05, 0) is 23.1 Å². The van der Waals surface area contributed by atoms with E-state index in [1.54, 1.807) is 23.4 Å². The first-order valence-corrected chi connectivity index (χ1v) is 10.7. The van der Waals surface area contributed by atoms with Crippen molar-refractivity contribution >= 4 is 17.8 Å². The van der Waals surface area contributed by atoms with Crippen LogP contribution >= 0.6 is 0 Å². The van der Waals surface area contributed by atoms with Crippen molar-refractivity contribution in [3.63, 3.8) is 0 Å². The molecule has 3 heterocycles. The van der Waals surface area contributed by atoms with Crippen LogP contribution in [0.3, 0.4) is 0 Å². The average molecular weight is 408 g/mol. The predicted molar refractivity (Wildman–Crippen MR) is 115 cm³/mol. The van der Waals surface area contributed by atoms with Crippen molar-refractivity contribution in [1.29, 1.82) is 0 Å². The van der Waals surface area contributed by atoms with Gasteiger partial charge in [-0.25, -0.2) is 9.97 Å². The summed E-state index contributed by atoms with van der Waals surface area (Å²) in [6.45, 7) is 7.20. The highest BCUT2D eigenvalue weighted by atomic mass is 16.2. The minimum absolute atomic E-state index is 0.0511. The summed E-state index contributed by atoms with van der Waals surface area (Å²) in [5, 5.41) is 0. The van der Waals surface area contributed by atoms with E-state index in [0.29, 0.717) is 51.5 Å². The van der Waals surface area contributed by atoms with Gasteiger partial charge in [-0.15, -0.1) is 0 Å². The summed E-state index contributed by atoms with van der Waals surface area (Å²) < 4.78 is 0. The summed E-state index contributed by atoms with van der Waals surface area (Å²) in [7, 11) is 0. The predicted octanol–water partition coefficient (Wildman–Crippen LogP) is 2.12. The number of amides is 2. The van der Waals surface area contributed by atoms with Gasteiger partial charge in [0, 0.05) is 58.0 Å². The second-order valence-electron chi connectivity index (χ2n) is 8.47. The Kier molecular flexibility index (Phi) is 5.97. The van der Waals surface area contributed by atoms with Gasteiger partial charge in [0.15, 0.2) is 0 Å². The molecule has 2 aliphatic heterocycles. The zero-order chi connectivity index (χ0) is 21.1. The van der Waals surface area contributed by atoms with Gasteiger partial charge < -0.3 is 14.7 Å². The van der Waals surface area contributed by atoms with Crippen LogP contribution in [0.15, 0.2) is 42.7 Å². The molecule has 30 heavy (non-hydrogen) atoms. The van der Waals surface area contributed by atoms with E-state index in [2.05, 4.69) is 27.0 Å². The first-order chi connectivity index (χ1) is 14.5. The number of carbonyl (C=O) groups excluding carboxylic acids is 2. The quantitative estimate of drug-likeness (QED) is 0.777. The number of benzene rings is 1. The van der Waals surface area contributed by atoms with Crippen molar-refractivity contribution in [2.45, 2.75) is 39.3 Å². The van der Waals surface area contributed by atoms with Crippen molar-refractivity contribution < 1.29 is 9.59 Å². The smallest absolute Gasteiger partial charge is 0.245 e. The Bertz CT molecular complexity index is 893. The number of piperazine rings is 1. The molecule has 7 heteroatoms. The fourth-order valence-electron chi connectivity index (χ4n) is 4.26. The van der Waals surface area contributed by atoms with E-state index < -0.39 is 6.04 Å². The van der Waals surface area contributed by atoms with Gasteiger partial charge in [0.2, 0.25) is 17.8 Å². The molecule has 1 atom stereocenters. The van der Waals surface area contributed by atoms with Gasteiger partial charge in [0.1, 0.15) is 6.04 Å².